The molecule has 0 radical (unpaired) electrons. The maximum Gasteiger partial charge on any atom is 0.171 e. The molecule has 112 valence electrons. The molecule has 21 heavy (non-hydrogen) atoms. The van der Waals surface area contributed by atoms with E-state index >= 15 is 0 Å². The maximum atomic E-state index is 4.88. The Bertz CT molecular complexity index is 592. The molecule has 1 aliphatic carbocycles. The standard InChI is InChI=1S/C16H20BrN3S/c1-2-9-18-16-13(17)14(11-6-3-4-7-11)19-15(20-16)12-8-5-10-21-12/h5,8,10-11H,2-4,6-7,9H2,1H3,(H,18,19,20). The van der Waals surface area contributed by atoms with Crippen LogP contribution in [0.15, 0.2) is 22.0 Å². The zero-order valence-corrected chi connectivity index (χ0v) is 14.6. The molecular weight excluding hydrogens is 346 g/mol. The summed E-state index contributed by atoms with van der Waals surface area (Å²) in [4.78, 5) is 10.7. The predicted octanol–water partition coefficient (Wildman–Crippen LogP) is 5.45. The van der Waals surface area contributed by atoms with E-state index < -0.39 is 0 Å². The normalized spacial score (nSPS) is 15.5. The largest absolute Gasteiger partial charge is 0.369 e. The summed E-state index contributed by atoms with van der Waals surface area (Å²) < 4.78 is 1.06. The van der Waals surface area contributed by atoms with E-state index in [2.05, 4.69) is 45.7 Å². The van der Waals surface area contributed by atoms with Gasteiger partial charge in [-0.3, -0.25) is 0 Å². The van der Waals surface area contributed by atoms with Gasteiger partial charge in [-0.1, -0.05) is 25.8 Å². The van der Waals surface area contributed by atoms with E-state index in [1.807, 2.05) is 0 Å². The van der Waals surface area contributed by atoms with E-state index in [1.165, 1.54) is 31.4 Å². The summed E-state index contributed by atoms with van der Waals surface area (Å²) in [5, 5.41) is 5.51. The summed E-state index contributed by atoms with van der Waals surface area (Å²) in [6.07, 6.45) is 6.20. The lowest BCUT2D eigenvalue weighted by atomic mass is 10.0. The van der Waals surface area contributed by atoms with Crippen LogP contribution in [-0.4, -0.2) is 16.5 Å². The van der Waals surface area contributed by atoms with E-state index in [-0.39, 0.29) is 0 Å². The Kier molecular flexibility index (Phi) is 4.91. The molecule has 3 rings (SSSR count). The van der Waals surface area contributed by atoms with Gasteiger partial charge in [-0.25, -0.2) is 9.97 Å². The van der Waals surface area contributed by atoms with Crippen LogP contribution in [0.2, 0.25) is 0 Å². The van der Waals surface area contributed by atoms with E-state index in [0.717, 1.165) is 34.0 Å². The first-order valence-corrected chi connectivity index (χ1v) is 9.32. The quantitative estimate of drug-likeness (QED) is 0.765. The Labute approximate surface area is 138 Å². The first kappa shape index (κ1) is 15.0. The number of halogens is 1. The highest BCUT2D eigenvalue weighted by atomic mass is 79.9. The summed E-state index contributed by atoms with van der Waals surface area (Å²) in [5.74, 6) is 2.37. The molecule has 0 bridgehead atoms. The number of anilines is 1. The van der Waals surface area contributed by atoms with Crippen molar-refractivity contribution in [1.82, 2.24) is 9.97 Å². The van der Waals surface area contributed by atoms with Crippen LogP contribution < -0.4 is 5.32 Å². The van der Waals surface area contributed by atoms with Crippen LogP contribution in [-0.2, 0) is 0 Å². The van der Waals surface area contributed by atoms with Gasteiger partial charge >= 0.3 is 0 Å². The van der Waals surface area contributed by atoms with E-state index in [0.29, 0.717) is 5.92 Å². The second kappa shape index (κ2) is 6.88. The van der Waals surface area contributed by atoms with Gasteiger partial charge in [0.25, 0.3) is 0 Å². The number of hydrogen-bond acceptors (Lipinski definition) is 4. The monoisotopic (exact) mass is 365 g/mol. The van der Waals surface area contributed by atoms with Gasteiger partial charge in [0.15, 0.2) is 5.82 Å². The third kappa shape index (κ3) is 3.29. The van der Waals surface area contributed by atoms with Crippen LogP contribution >= 0.6 is 27.3 Å². The van der Waals surface area contributed by atoms with Crippen molar-refractivity contribution in [2.24, 2.45) is 0 Å². The molecular formula is C16H20BrN3S. The predicted molar refractivity (Wildman–Crippen MR) is 93.0 cm³/mol. The van der Waals surface area contributed by atoms with Gasteiger partial charge in [0.2, 0.25) is 0 Å². The molecule has 0 saturated heterocycles. The van der Waals surface area contributed by atoms with E-state index in [1.54, 1.807) is 11.3 Å². The Hall–Kier alpha value is -0.940. The zero-order chi connectivity index (χ0) is 14.7. The molecule has 1 N–H and O–H groups in total. The second-order valence-electron chi connectivity index (χ2n) is 5.48. The van der Waals surface area contributed by atoms with Gasteiger partial charge in [0.05, 0.1) is 15.0 Å². The smallest absolute Gasteiger partial charge is 0.171 e. The fourth-order valence-corrected chi connectivity index (χ4v) is 4.11. The van der Waals surface area contributed by atoms with Crippen LogP contribution in [0.25, 0.3) is 10.7 Å². The van der Waals surface area contributed by atoms with Crippen molar-refractivity contribution in [2.45, 2.75) is 44.9 Å². The van der Waals surface area contributed by atoms with E-state index in [9.17, 15) is 0 Å². The van der Waals surface area contributed by atoms with Crippen molar-refractivity contribution in [3.8, 4) is 10.7 Å². The first-order valence-electron chi connectivity index (χ1n) is 7.64. The summed E-state index contributed by atoms with van der Waals surface area (Å²) in [5.41, 5.74) is 1.18. The van der Waals surface area contributed by atoms with Gasteiger partial charge < -0.3 is 5.32 Å². The summed E-state index contributed by atoms with van der Waals surface area (Å²) in [6.45, 7) is 3.10. The molecule has 1 aliphatic rings. The lowest BCUT2D eigenvalue weighted by Crippen LogP contribution is -2.09. The molecule has 2 aromatic heterocycles. The highest BCUT2D eigenvalue weighted by Crippen LogP contribution is 2.40. The number of nitrogens with zero attached hydrogens (tertiary/aromatic N) is 2. The van der Waals surface area contributed by atoms with Crippen molar-refractivity contribution >= 4 is 33.1 Å². The first-order chi connectivity index (χ1) is 10.3. The molecule has 3 nitrogen and oxygen atoms in total. The van der Waals surface area contributed by atoms with Crippen LogP contribution in [0.1, 0.15) is 50.6 Å². The van der Waals surface area contributed by atoms with Crippen molar-refractivity contribution in [2.75, 3.05) is 11.9 Å². The van der Waals surface area contributed by atoms with Crippen molar-refractivity contribution in [3.05, 3.63) is 27.7 Å². The lowest BCUT2D eigenvalue weighted by molar-refractivity contribution is 0.691. The minimum absolute atomic E-state index is 0.572. The number of thiophene rings is 1. The fourth-order valence-electron chi connectivity index (χ4n) is 2.81. The molecule has 1 fully saturated rings. The molecule has 5 heteroatoms. The van der Waals surface area contributed by atoms with Gasteiger partial charge in [-0.15, -0.1) is 11.3 Å². The molecule has 2 heterocycles. The van der Waals surface area contributed by atoms with Crippen molar-refractivity contribution < 1.29 is 0 Å². The number of nitrogens with one attached hydrogen (secondary N) is 1. The maximum absolute atomic E-state index is 4.88. The zero-order valence-electron chi connectivity index (χ0n) is 12.2. The highest BCUT2D eigenvalue weighted by molar-refractivity contribution is 9.10. The summed E-state index contributed by atoms with van der Waals surface area (Å²) in [6, 6.07) is 4.15. The molecule has 0 aliphatic heterocycles. The van der Waals surface area contributed by atoms with Crippen molar-refractivity contribution in [1.29, 1.82) is 0 Å². The second-order valence-corrected chi connectivity index (χ2v) is 7.22. The van der Waals surface area contributed by atoms with Gasteiger partial charge in [-0.05, 0) is 46.6 Å². The third-order valence-corrected chi connectivity index (χ3v) is 5.55. The van der Waals surface area contributed by atoms with Crippen LogP contribution in [0.5, 0.6) is 0 Å². The third-order valence-electron chi connectivity index (χ3n) is 3.90. The Balaban J connectivity index is 2.02. The summed E-state index contributed by atoms with van der Waals surface area (Å²) in [7, 11) is 0. The Morgan fingerprint density at radius 3 is 2.81 bits per heavy atom. The average Bonchev–Trinajstić information content (AvgIpc) is 3.19. The fraction of sp³-hybridized carbons (Fsp3) is 0.500. The van der Waals surface area contributed by atoms with Gasteiger partial charge in [0, 0.05) is 12.5 Å². The number of rotatable bonds is 5. The molecule has 0 amide bonds. The SMILES string of the molecule is CCCNc1nc(-c2cccs2)nc(C2CCCC2)c1Br. The minimum Gasteiger partial charge on any atom is -0.369 e. The molecule has 1 saturated carbocycles. The van der Waals surface area contributed by atoms with Crippen LogP contribution in [0.4, 0.5) is 5.82 Å². The number of aromatic nitrogens is 2. The minimum atomic E-state index is 0.572. The van der Waals surface area contributed by atoms with Crippen LogP contribution in [0, 0.1) is 0 Å². The average molecular weight is 366 g/mol. The lowest BCUT2D eigenvalue weighted by Gasteiger charge is -2.16. The number of hydrogen-bond donors (Lipinski definition) is 1. The molecule has 2 aromatic rings. The molecule has 0 aromatic carbocycles. The van der Waals surface area contributed by atoms with Crippen LogP contribution in [0.3, 0.4) is 0 Å². The molecule has 0 atom stereocenters. The van der Waals surface area contributed by atoms with E-state index in [4.69, 9.17) is 9.97 Å². The van der Waals surface area contributed by atoms with Gasteiger partial charge in [-0.2, -0.15) is 0 Å². The highest BCUT2D eigenvalue weighted by Gasteiger charge is 2.24. The summed E-state index contributed by atoms with van der Waals surface area (Å²) >= 11 is 5.43. The molecule has 0 spiro atoms. The Morgan fingerprint density at radius 1 is 1.33 bits per heavy atom. The van der Waals surface area contributed by atoms with Gasteiger partial charge in [0.1, 0.15) is 5.82 Å². The topological polar surface area (TPSA) is 37.8 Å². The molecule has 0 unspecified atom stereocenters. The Morgan fingerprint density at radius 2 is 2.14 bits per heavy atom. The van der Waals surface area contributed by atoms with Crippen molar-refractivity contribution in [3.63, 3.8) is 0 Å².